The molecule has 202 valence electrons. The third-order valence-corrected chi connectivity index (χ3v) is 7.31. The van der Waals surface area contributed by atoms with Crippen LogP contribution in [-0.2, 0) is 11.3 Å². The highest BCUT2D eigenvalue weighted by molar-refractivity contribution is 5.89. The Kier molecular flexibility index (Phi) is 6.14. The third-order valence-electron chi connectivity index (χ3n) is 7.31. The molecule has 1 N–H and O–H groups in total. The number of aryl methyl sites for hydroxylation is 1. The van der Waals surface area contributed by atoms with Crippen molar-refractivity contribution in [1.82, 2.24) is 29.0 Å². The molecule has 1 atom stereocenters. The number of anilines is 1. The van der Waals surface area contributed by atoms with Gasteiger partial charge in [-0.1, -0.05) is 6.07 Å². The number of hydrogen-bond acceptors (Lipinski definition) is 7. The van der Waals surface area contributed by atoms with Gasteiger partial charge < -0.3 is 19.4 Å². The van der Waals surface area contributed by atoms with Crippen LogP contribution >= 0.6 is 0 Å². The van der Waals surface area contributed by atoms with Gasteiger partial charge in [0.2, 0.25) is 11.8 Å². The predicted molar refractivity (Wildman–Crippen MR) is 132 cm³/mol. The molecule has 0 bridgehead atoms. The van der Waals surface area contributed by atoms with Gasteiger partial charge in [0.1, 0.15) is 11.3 Å². The molecule has 2 saturated heterocycles. The van der Waals surface area contributed by atoms with E-state index in [-0.39, 0.29) is 30.8 Å². The fourth-order valence-electron chi connectivity index (χ4n) is 5.25. The van der Waals surface area contributed by atoms with Gasteiger partial charge in [-0.15, -0.1) is 5.10 Å². The number of benzene rings is 1. The summed E-state index contributed by atoms with van der Waals surface area (Å²) < 4.78 is 70.0. The average molecular weight is 534 g/mol. The highest BCUT2D eigenvalue weighted by Gasteiger charge is 2.47. The van der Waals surface area contributed by atoms with Crippen LogP contribution in [0.1, 0.15) is 12.2 Å². The van der Waals surface area contributed by atoms with Crippen molar-refractivity contribution in [3.8, 4) is 17.0 Å². The van der Waals surface area contributed by atoms with Crippen LogP contribution in [0.5, 0.6) is 5.88 Å². The highest BCUT2D eigenvalue weighted by Crippen LogP contribution is 2.35. The van der Waals surface area contributed by atoms with Gasteiger partial charge in [0.15, 0.2) is 0 Å². The number of methoxy groups -OCH3 is 1. The number of rotatable bonds is 7. The standard InChI is InChI=1S/C25H27F4N7O2/c1-14-30-18-4-3-15(9-19(18)35(14)10-21(26)27)17-5-8-36-22(17)23(37-2)32-24(33-36)31-20-6-7-34(13-25(20,28)29)16-11-38-12-16/h3-5,8-9,16,20-21H,6-7,10-13H2,1-2H3,(H,31,33)/t20-/m1/s1. The number of likely N-dealkylation sites (tertiary alicyclic amines) is 1. The molecule has 2 aliphatic rings. The van der Waals surface area contributed by atoms with E-state index in [9.17, 15) is 17.6 Å². The summed E-state index contributed by atoms with van der Waals surface area (Å²) in [5.74, 6) is -2.25. The van der Waals surface area contributed by atoms with Crippen LogP contribution in [0.25, 0.3) is 27.7 Å². The molecule has 4 aromatic rings. The smallest absolute Gasteiger partial charge is 0.280 e. The second kappa shape index (κ2) is 9.38. The monoisotopic (exact) mass is 533 g/mol. The van der Waals surface area contributed by atoms with Gasteiger partial charge >= 0.3 is 0 Å². The first-order valence-electron chi connectivity index (χ1n) is 12.4. The third kappa shape index (κ3) is 4.33. The van der Waals surface area contributed by atoms with Crippen molar-refractivity contribution in [2.24, 2.45) is 0 Å². The van der Waals surface area contributed by atoms with E-state index in [1.807, 2.05) is 6.07 Å². The number of alkyl halides is 4. The van der Waals surface area contributed by atoms with Crippen molar-refractivity contribution in [3.05, 3.63) is 36.3 Å². The molecule has 0 spiro atoms. The summed E-state index contributed by atoms with van der Waals surface area (Å²) in [6.07, 6.45) is -0.601. The molecular formula is C25H27F4N7O2. The van der Waals surface area contributed by atoms with Gasteiger partial charge in [-0.25, -0.2) is 27.1 Å². The molecular weight excluding hydrogens is 506 g/mol. The highest BCUT2D eigenvalue weighted by atomic mass is 19.3. The van der Waals surface area contributed by atoms with Crippen molar-refractivity contribution in [2.45, 2.75) is 44.3 Å². The van der Waals surface area contributed by atoms with E-state index in [2.05, 4.69) is 20.4 Å². The molecule has 0 radical (unpaired) electrons. The zero-order valence-electron chi connectivity index (χ0n) is 20.9. The number of ether oxygens (including phenoxy) is 2. The normalized spacial score (nSPS) is 20.3. The summed E-state index contributed by atoms with van der Waals surface area (Å²) in [6.45, 7) is 2.39. The summed E-state index contributed by atoms with van der Waals surface area (Å²) in [5, 5.41) is 7.25. The van der Waals surface area contributed by atoms with Gasteiger partial charge in [0, 0.05) is 18.3 Å². The SMILES string of the molecule is COc1nc(N[C@@H]2CCN(C3COC3)CC2(F)F)nn2ccc(-c3ccc4nc(C)n(CC(F)F)c4c3)c12. The molecule has 3 aromatic heterocycles. The molecule has 6 rings (SSSR count). The Morgan fingerprint density at radius 1 is 1.21 bits per heavy atom. The zero-order chi connectivity index (χ0) is 26.6. The number of nitrogens with one attached hydrogen (secondary N) is 1. The van der Waals surface area contributed by atoms with Crippen LogP contribution in [0.3, 0.4) is 0 Å². The maximum Gasteiger partial charge on any atom is 0.280 e. The Labute approximate surface area is 215 Å². The van der Waals surface area contributed by atoms with Crippen molar-refractivity contribution < 1.29 is 27.0 Å². The van der Waals surface area contributed by atoms with Crippen LogP contribution in [0.2, 0.25) is 0 Å². The van der Waals surface area contributed by atoms with E-state index in [0.29, 0.717) is 47.7 Å². The van der Waals surface area contributed by atoms with Crippen LogP contribution in [0, 0.1) is 6.92 Å². The summed E-state index contributed by atoms with van der Waals surface area (Å²) in [5.41, 5.74) is 3.17. The second-order valence-electron chi connectivity index (χ2n) is 9.74. The predicted octanol–water partition coefficient (Wildman–Crippen LogP) is 3.85. The lowest BCUT2D eigenvalue weighted by Crippen LogP contribution is -2.61. The molecule has 2 aliphatic heterocycles. The summed E-state index contributed by atoms with van der Waals surface area (Å²) in [6, 6.07) is 6.12. The molecule has 0 saturated carbocycles. The minimum absolute atomic E-state index is 0.0303. The topological polar surface area (TPSA) is 81.7 Å². The largest absolute Gasteiger partial charge is 0.479 e. The van der Waals surface area contributed by atoms with Gasteiger partial charge in [-0.05, 0) is 37.1 Å². The van der Waals surface area contributed by atoms with Gasteiger partial charge in [-0.3, -0.25) is 4.90 Å². The lowest BCUT2D eigenvalue weighted by atomic mass is 9.98. The molecule has 13 heteroatoms. The van der Waals surface area contributed by atoms with Crippen molar-refractivity contribution in [2.75, 3.05) is 38.7 Å². The van der Waals surface area contributed by atoms with E-state index in [1.54, 1.807) is 36.2 Å². The first-order valence-corrected chi connectivity index (χ1v) is 12.4. The van der Waals surface area contributed by atoms with Crippen molar-refractivity contribution in [1.29, 1.82) is 0 Å². The number of piperidine rings is 1. The minimum Gasteiger partial charge on any atom is -0.479 e. The quantitative estimate of drug-likeness (QED) is 0.362. The van der Waals surface area contributed by atoms with Crippen LogP contribution in [0.4, 0.5) is 23.5 Å². The van der Waals surface area contributed by atoms with Gasteiger partial charge in [0.05, 0.1) is 56.5 Å². The average Bonchev–Trinajstić information content (AvgIpc) is 3.39. The number of hydrogen-bond donors (Lipinski definition) is 1. The summed E-state index contributed by atoms with van der Waals surface area (Å²) >= 11 is 0. The summed E-state index contributed by atoms with van der Waals surface area (Å²) in [4.78, 5) is 10.5. The minimum atomic E-state index is -2.98. The Bertz CT molecular complexity index is 1480. The fraction of sp³-hybridized carbons (Fsp3) is 0.480. The van der Waals surface area contributed by atoms with Gasteiger partial charge in [0.25, 0.3) is 12.3 Å². The first-order chi connectivity index (χ1) is 18.2. The van der Waals surface area contributed by atoms with Crippen LogP contribution in [-0.4, -0.2) is 86.9 Å². The number of aromatic nitrogens is 5. The molecule has 1 aromatic carbocycles. The molecule has 0 amide bonds. The first kappa shape index (κ1) is 24.9. The lowest BCUT2D eigenvalue weighted by Gasteiger charge is -2.44. The van der Waals surface area contributed by atoms with E-state index >= 15 is 0 Å². The van der Waals surface area contributed by atoms with Crippen molar-refractivity contribution >= 4 is 22.5 Å². The number of halogens is 4. The molecule has 0 aliphatic carbocycles. The number of fused-ring (bicyclic) bond motifs is 2. The van der Waals surface area contributed by atoms with Crippen molar-refractivity contribution in [3.63, 3.8) is 0 Å². The number of imidazole rings is 1. The van der Waals surface area contributed by atoms with E-state index < -0.39 is 24.9 Å². The van der Waals surface area contributed by atoms with E-state index in [4.69, 9.17) is 9.47 Å². The van der Waals surface area contributed by atoms with Crippen LogP contribution < -0.4 is 10.1 Å². The second-order valence-corrected chi connectivity index (χ2v) is 9.74. The zero-order valence-corrected chi connectivity index (χ0v) is 20.9. The fourth-order valence-corrected chi connectivity index (χ4v) is 5.25. The maximum atomic E-state index is 15.0. The van der Waals surface area contributed by atoms with E-state index in [0.717, 1.165) is 5.56 Å². The van der Waals surface area contributed by atoms with E-state index in [1.165, 1.54) is 16.2 Å². The van der Waals surface area contributed by atoms with Gasteiger partial charge in [-0.2, -0.15) is 4.98 Å². The lowest BCUT2D eigenvalue weighted by molar-refractivity contribution is -0.131. The maximum absolute atomic E-state index is 15.0. The Balaban J connectivity index is 1.31. The molecule has 38 heavy (non-hydrogen) atoms. The molecule has 0 unspecified atom stereocenters. The molecule has 5 heterocycles. The molecule has 9 nitrogen and oxygen atoms in total. The Morgan fingerprint density at radius 2 is 2.03 bits per heavy atom. The van der Waals surface area contributed by atoms with Crippen LogP contribution in [0.15, 0.2) is 30.5 Å². The Hall–Kier alpha value is -3.45. The molecule has 2 fully saturated rings. The Morgan fingerprint density at radius 3 is 2.71 bits per heavy atom. The number of nitrogens with zero attached hydrogens (tertiary/aromatic N) is 6. The summed E-state index contributed by atoms with van der Waals surface area (Å²) in [7, 11) is 1.45.